The maximum atomic E-state index is 13.0. The van der Waals surface area contributed by atoms with Gasteiger partial charge in [-0.3, -0.25) is 9.59 Å². The van der Waals surface area contributed by atoms with Gasteiger partial charge in [0.15, 0.2) is 0 Å². The zero-order chi connectivity index (χ0) is 16.2. The van der Waals surface area contributed by atoms with Crippen LogP contribution in [-0.2, 0) is 0 Å². The summed E-state index contributed by atoms with van der Waals surface area (Å²) >= 11 is 0. The molecule has 1 aromatic carbocycles. The van der Waals surface area contributed by atoms with Gasteiger partial charge in [-0.2, -0.15) is 0 Å². The van der Waals surface area contributed by atoms with Gasteiger partial charge in [0.1, 0.15) is 5.82 Å². The Morgan fingerprint density at radius 3 is 2.74 bits per heavy atom. The molecule has 0 bridgehead atoms. The number of rotatable bonds is 4. The van der Waals surface area contributed by atoms with Crippen molar-refractivity contribution >= 4 is 11.6 Å². The Morgan fingerprint density at radius 1 is 1.26 bits per heavy atom. The average molecular weight is 315 g/mol. The standard InChI is InChI=1S/C17H18FN3O2/c18-14-2-4-15(5-3-14)21-8-7-12(11-21)9-20-17(23)13-1-6-16(22)19-10-13/h1-6,10,12H,7-9,11H2,(H,19,22)(H,20,23)/t12-/m0/s1. The fourth-order valence-corrected chi connectivity index (χ4v) is 2.78. The van der Waals surface area contributed by atoms with Gasteiger partial charge in [0.05, 0.1) is 5.56 Å². The van der Waals surface area contributed by atoms with Crippen LogP contribution in [0.4, 0.5) is 10.1 Å². The number of aromatic nitrogens is 1. The predicted molar refractivity (Wildman–Crippen MR) is 86.1 cm³/mol. The Balaban J connectivity index is 1.52. The summed E-state index contributed by atoms with van der Waals surface area (Å²) in [4.78, 5) is 27.7. The molecule has 0 radical (unpaired) electrons. The first-order chi connectivity index (χ1) is 11.1. The molecular weight excluding hydrogens is 297 g/mol. The number of anilines is 1. The normalized spacial score (nSPS) is 17.3. The van der Waals surface area contributed by atoms with Crippen molar-refractivity contribution in [1.82, 2.24) is 10.3 Å². The van der Waals surface area contributed by atoms with E-state index in [1.54, 1.807) is 12.1 Å². The number of nitrogens with one attached hydrogen (secondary N) is 2. The van der Waals surface area contributed by atoms with Gasteiger partial charge in [0, 0.05) is 37.6 Å². The van der Waals surface area contributed by atoms with Crippen molar-refractivity contribution in [2.75, 3.05) is 24.5 Å². The molecule has 0 saturated carbocycles. The van der Waals surface area contributed by atoms with E-state index in [9.17, 15) is 14.0 Å². The van der Waals surface area contributed by atoms with Crippen LogP contribution in [0, 0.1) is 11.7 Å². The zero-order valence-corrected chi connectivity index (χ0v) is 12.6. The molecule has 1 saturated heterocycles. The molecular formula is C17H18FN3O2. The number of hydrogen-bond acceptors (Lipinski definition) is 3. The van der Waals surface area contributed by atoms with E-state index in [0.717, 1.165) is 25.2 Å². The van der Waals surface area contributed by atoms with E-state index in [1.807, 2.05) is 0 Å². The monoisotopic (exact) mass is 315 g/mol. The summed E-state index contributed by atoms with van der Waals surface area (Å²) in [6.45, 7) is 2.30. The number of nitrogens with zero attached hydrogens (tertiary/aromatic N) is 1. The van der Waals surface area contributed by atoms with E-state index < -0.39 is 0 Å². The lowest BCUT2D eigenvalue weighted by Gasteiger charge is -2.18. The summed E-state index contributed by atoms with van der Waals surface area (Å²) in [6.07, 6.45) is 2.39. The summed E-state index contributed by atoms with van der Waals surface area (Å²) in [6, 6.07) is 9.31. The van der Waals surface area contributed by atoms with Crippen molar-refractivity contribution in [2.24, 2.45) is 5.92 Å². The Bertz CT molecular complexity index is 722. The smallest absolute Gasteiger partial charge is 0.252 e. The van der Waals surface area contributed by atoms with Crippen LogP contribution in [0.2, 0.25) is 0 Å². The summed E-state index contributed by atoms with van der Waals surface area (Å²) in [7, 11) is 0. The Morgan fingerprint density at radius 2 is 2.04 bits per heavy atom. The first kappa shape index (κ1) is 15.3. The molecule has 120 valence electrons. The predicted octanol–water partition coefficient (Wildman–Crippen LogP) is 1.77. The average Bonchev–Trinajstić information content (AvgIpc) is 3.03. The molecule has 1 aromatic heterocycles. The Labute approximate surface area is 133 Å². The summed E-state index contributed by atoms with van der Waals surface area (Å²) in [5, 5.41) is 2.89. The van der Waals surface area contributed by atoms with E-state index in [4.69, 9.17) is 0 Å². The van der Waals surface area contributed by atoms with Gasteiger partial charge in [-0.15, -0.1) is 0 Å². The number of carbonyl (C=O) groups is 1. The highest BCUT2D eigenvalue weighted by Gasteiger charge is 2.23. The van der Waals surface area contributed by atoms with Crippen LogP contribution in [0.25, 0.3) is 0 Å². The van der Waals surface area contributed by atoms with Crippen molar-refractivity contribution < 1.29 is 9.18 Å². The van der Waals surface area contributed by atoms with Crippen LogP contribution in [0.1, 0.15) is 16.8 Å². The second-order valence-corrected chi connectivity index (χ2v) is 5.73. The Kier molecular flexibility index (Phi) is 4.41. The van der Waals surface area contributed by atoms with Crippen molar-refractivity contribution in [2.45, 2.75) is 6.42 Å². The van der Waals surface area contributed by atoms with Crippen LogP contribution < -0.4 is 15.8 Å². The van der Waals surface area contributed by atoms with Crippen molar-refractivity contribution in [3.8, 4) is 0 Å². The molecule has 2 aromatic rings. The fourth-order valence-electron chi connectivity index (χ4n) is 2.78. The lowest BCUT2D eigenvalue weighted by atomic mass is 10.1. The van der Waals surface area contributed by atoms with Gasteiger partial charge < -0.3 is 15.2 Å². The van der Waals surface area contributed by atoms with E-state index in [2.05, 4.69) is 15.2 Å². The number of carbonyl (C=O) groups excluding carboxylic acids is 1. The van der Waals surface area contributed by atoms with E-state index in [-0.39, 0.29) is 17.3 Å². The van der Waals surface area contributed by atoms with Gasteiger partial charge in [0.2, 0.25) is 5.56 Å². The minimum atomic E-state index is -0.238. The molecule has 1 fully saturated rings. The molecule has 2 N–H and O–H groups in total. The molecule has 0 aliphatic carbocycles. The van der Waals surface area contributed by atoms with Crippen LogP contribution in [-0.4, -0.2) is 30.5 Å². The van der Waals surface area contributed by atoms with Gasteiger partial charge in [-0.1, -0.05) is 0 Å². The Hall–Kier alpha value is -2.63. The number of amides is 1. The molecule has 1 aliphatic heterocycles. The summed E-state index contributed by atoms with van der Waals surface area (Å²) in [5.41, 5.74) is 1.21. The molecule has 3 rings (SSSR count). The number of benzene rings is 1. The SMILES string of the molecule is O=C(NC[C@@H]1CCN(c2ccc(F)cc2)C1)c1ccc(=O)[nH]c1. The van der Waals surface area contributed by atoms with E-state index in [0.29, 0.717) is 18.0 Å². The maximum Gasteiger partial charge on any atom is 0.252 e. The highest BCUT2D eigenvalue weighted by molar-refractivity contribution is 5.93. The van der Waals surface area contributed by atoms with Gasteiger partial charge in [0.25, 0.3) is 5.91 Å². The fraction of sp³-hybridized carbons (Fsp3) is 0.294. The van der Waals surface area contributed by atoms with Crippen molar-refractivity contribution in [1.29, 1.82) is 0 Å². The number of H-pyrrole nitrogens is 1. The third kappa shape index (κ3) is 3.77. The third-order valence-corrected chi connectivity index (χ3v) is 4.08. The lowest BCUT2D eigenvalue weighted by Crippen LogP contribution is -2.31. The number of pyridine rings is 1. The molecule has 1 amide bonds. The van der Waals surface area contributed by atoms with Crippen molar-refractivity contribution in [3.05, 3.63) is 64.3 Å². The second kappa shape index (κ2) is 6.64. The first-order valence-corrected chi connectivity index (χ1v) is 7.59. The van der Waals surface area contributed by atoms with E-state index >= 15 is 0 Å². The summed E-state index contributed by atoms with van der Waals surface area (Å²) < 4.78 is 13.0. The quantitative estimate of drug-likeness (QED) is 0.904. The van der Waals surface area contributed by atoms with Gasteiger partial charge in [-0.05, 0) is 42.7 Å². The molecule has 1 aliphatic rings. The molecule has 1 atom stereocenters. The molecule has 5 nitrogen and oxygen atoms in total. The highest BCUT2D eigenvalue weighted by Crippen LogP contribution is 2.23. The number of halogens is 1. The maximum absolute atomic E-state index is 13.0. The summed E-state index contributed by atoms with van der Waals surface area (Å²) in [5.74, 6) is -0.0779. The highest BCUT2D eigenvalue weighted by atomic mass is 19.1. The zero-order valence-electron chi connectivity index (χ0n) is 12.6. The van der Waals surface area contributed by atoms with Crippen LogP contribution in [0.15, 0.2) is 47.4 Å². The number of hydrogen-bond donors (Lipinski definition) is 2. The van der Waals surface area contributed by atoms with Crippen LogP contribution in [0.5, 0.6) is 0 Å². The van der Waals surface area contributed by atoms with E-state index in [1.165, 1.54) is 30.5 Å². The van der Waals surface area contributed by atoms with Crippen molar-refractivity contribution in [3.63, 3.8) is 0 Å². The van der Waals surface area contributed by atoms with Gasteiger partial charge >= 0.3 is 0 Å². The molecule has 0 unspecified atom stereocenters. The minimum Gasteiger partial charge on any atom is -0.371 e. The lowest BCUT2D eigenvalue weighted by molar-refractivity contribution is 0.0948. The topological polar surface area (TPSA) is 65.2 Å². The van der Waals surface area contributed by atoms with Crippen LogP contribution in [0.3, 0.4) is 0 Å². The minimum absolute atomic E-state index is 0.193. The largest absolute Gasteiger partial charge is 0.371 e. The third-order valence-electron chi connectivity index (χ3n) is 4.08. The molecule has 6 heteroatoms. The molecule has 0 spiro atoms. The molecule has 2 heterocycles. The first-order valence-electron chi connectivity index (χ1n) is 7.59. The molecule has 23 heavy (non-hydrogen) atoms. The number of aromatic amines is 1. The second-order valence-electron chi connectivity index (χ2n) is 5.73. The van der Waals surface area contributed by atoms with Crippen LogP contribution >= 0.6 is 0 Å². The van der Waals surface area contributed by atoms with Gasteiger partial charge in [-0.25, -0.2) is 4.39 Å².